The zero-order chi connectivity index (χ0) is 14.5. The Morgan fingerprint density at radius 3 is 2.45 bits per heavy atom. The topological polar surface area (TPSA) is 47.3 Å². The fourth-order valence-corrected chi connectivity index (χ4v) is 1.69. The molecular formula is C15H16F2N2O. The van der Waals surface area contributed by atoms with Crippen molar-refractivity contribution in [2.75, 3.05) is 17.7 Å². The summed E-state index contributed by atoms with van der Waals surface area (Å²) in [5.74, 6) is -1.20. The molecule has 0 amide bonds. The molecule has 0 aromatic heterocycles. The number of nitrogen functional groups attached to an aromatic ring is 1. The zero-order valence-corrected chi connectivity index (χ0v) is 11.1. The Morgan fingerprint density at radius 2 is 1.80 bits per heavy atom. The summed E-state index contributed by atoms with van der Waals surface area (Å²) < 4.78 is 32.3. The largest absolute Gasteiger partial charge is 0.494 e. The Labute approximate surface area is 116 Å². The lowest BCUT2D eigenvalue weighted by molar-refractivity contribution is 0.317. The SMILES string of the molecule is CCCOc1ccc(Nc2c(N)ccc(F)c2F)cc1. The van der Waals surface area contributed by atoms with E-state index in [2.05, 4.69) is 5.32 Å². The van der Waals surface area contributed by atoms with Gasteiger partial charge in [-0.05, 0) is 42.8 Å². The summed E-state index contributed by atoms with van der Waals surface area (Å²) in [5, 5.41) is 2.77. The van der Waals surface area contributed by atoms with Crippen molar-refractivity contribution in [1.82, 2.24) is 0 Å². The van der Waals surface area contributed by atoms with Crippen molar-refractivity contribution >= 4 is 17.1 Å². The minimum absolute atomic E-state index is 0.0628. The Morgan fingerprint density at radius 1 is 1.10 bits per heavy atom. The van der Waals surface area contributed by atoms with Gasteiger partial charge in [0.1, 0.15) is 11.4 Å². The average molecular weight is 278 g/mol. The van der Waals surface area contributed by atoms with E-state index in [1.54, 1.807) is 24.3 Å². The maximum absolute atomic E-state index is 13.7. The van der Waals surface area contributed by atoms with E-state index in [9.17, 15) is 8.78 Å². The smallest absolute Gasteiger partial charge is 0.184 e. The van der Waals surface area contributed by atoms with E-state index in [1.165, 1.54) is 6.07 Å². The van der Waals surface area contributed by atoms with E-state index in [4.69, 9.17) is 10.5 Å². The van der Waals surface area contributed by atoms with Crippen LogP contribution < -0.4 is 15.8 Å². The van der Waals surface area contributed by atoms with Crippen molar-refractivity contribution in [1.29, 1.82) is 0 Å². The molecule has 0 spiro atoms. The molecule has 20 heavy (non-hydrogen) atoms. The van der Waals surface area contributed by atoms with Crippen LogP contribution in [-0.4, -0.2) is 6.61 Å². The summed E-state index contributed by atoms with van der Waals surface area (Å²) in [7, 11) is 0. The number of ether oxygens (including phenoxy) is 1. The van der Waals surface area contributed by atoms with Gasteiger partial charge in [0.15, 0.2) is 11.6 Å². The standard InChI is InChI=1S/C15H16F2N2O/c1-2-9-20-11-5-3-10(4-6-11)19-15-13(18)8-7-12(16)14(15)17/h3-8,19H,2,9,18H2,1H3. The monoisotopic (exact) mass is 278 g/mol. The van der Waals surface area contributed by atoms with Crippen LogP contribution in [0.1, 0.15) is 13.3 Å². The summed E-state index contributed by atoms with van der Waals surface area (Å²) in [4.78, 5) is 0. The maximum Gasteiger partial charge on any atom is 0.184 e. The molecule has 2 aromatic carbocycles. The molecule has 0 heterocycles. The van der Waals surface area contributed by atoms with Crippen LogP contribution in [-0.2, 0) is 0 Å². The second-order valence-electron chi connectivity index (χ2n) is 4.32. The maximum atomic E-state index is 13.7. The van der Waals surface area contributed by atoms with E-state index in [0.717, 1.165) is 18.2 Å². The Hall–Kier alpha value is -2.30. The van der Waals surface area contributed by atoms with Crippen LogP contribution in [0.25, 0.3) is 0 Å². The van der Waals surface area contributed by atoms with Crippen molar-refractivity contribution in [3.63, 3.8) is 0 Å². The molecule has 0 radical (unpaired) electrons. The molecule has 2 aromatic rings. The quantitative estimate of drug-likeness (QED) is 0.810. The van der Waals surface area contributed by atoms with Gasteiger partial charge in [0.25, 0.3) is 0 Å². The Kier molecular flexibility index (Phi) is 4.40. The van der Waals surface area contributed by atoms with Crippen LogP contribution in [0.15, 0.2) is 36.4 Å². The predicted molar refractivity (Wildman–Crippen MR) is 76.3 cm³/mol. The van der Waals surface area contributed by atoms with E-state index >= 15 is 0 Å². The molecule has 0 unspecified atom stereocenters. The van der Waals surface area contributed by atoms with Crippen molar-refractivity contribution in [3.8, 4) is 5.75 Å². The number of hydrogen-bond donors (Lipinski definition) is 2. The highest BCUT2D eigenvalue weighted by molar-refractivity contribution is 5.73. The first kappa shape index (κ1) is 14.1. The number of nitrogens with one attached hydrogen (secondary N) is 1. The van der Waals surface area contributed by atoms with Crippen molar-refractivity contribution in [2.24, 2.45) is 0 Å². The molecule has 0 atom stereocenters. The third-order valence-corrected chi connectivity index (χ3v) is 2.72. The third kappa shape index (κ3) is 3.17. The molecule has 2 rings (SSSR count). The van der Waals surface area contributed by atoms with Crippen LogP contribution in [0.3, 0.4) is 0 Å². The molecule has 0 bridgehead atoms. The molecule has 0 saturated carbocycles. The van der Waals surface area contributed by atoms with Gasteiger partial charge in [-0.25, -0.2) is 8.78 Å². The van der Waals surface area contributed by atoms with Crippen LogP contribution in [0.5, 0.6) is 5.75 Å². The van der Waals surface area contributed by atoms with Gasteiger partial charge >= 0.3 is 0 Å². The summed E-state index contributed by atoms with van der Waals surface area (Å²) in [6.07, 6.45) is 0.922. The van der Waals surface area contributed by atoms with Crippen molar-refractivity contribution in [3.05, 3.63) is 48.0 Å². The minimum Gasteiger partial charge on any atom is -0.494 e. The van der Waals surface area contributed by atoms with Gasteiger partial charge in [-0.2, -0.15) is 0 Å². The van der Waals surface area contributed by atoms with Crippen LogP contribution in [0, 0.1) is 11.6 Å². The second kappa shape index (κ2) is 6.23. The number of anilines is 3. The summed E-state index contributed by atoms with van der Waals surface area (Å²) in [6, 6.07) is 9.26. The third-order valence-electron chi connectivity index (χ3n) is 2.72. The summed E-state index contributed by atoms with van der Waals surface area (Å²) in [6.45, 7) is 2.66. The van der Waals surface area contributed by atoms with E-state index in [-0.39, 0.29) is 11.4 Å². The second-order valence-corrected chi connectivity index (χ2v) is 4.32. The lowest BCUT2D eigenvalue weighted by Crippen LogP contribution is -2.01. The molecule has 3 N–H and O–H groups in total. The average Bonchev–Trinajstić information content (AvgIpc) is 2.47. The van der Waals surface area contributed by atoms with Gasteiger partial charge in [0.2, 0.25) is 0 Å². The fraction of sp³-hybridized carbons (Fsp3) is 0.200. The molecule has 0 saturated heterocycles. The molecule has 0 fully saturated rings. The first-order valence-electron chi connectivity index (χ1n) is 6.35. The first-order valence-corrected chi connectivity index (χ1v) is 6.35. The van der Waals surface area contributed by atoms with Gasteiger partial charge in [-0.3, -0.25) is 0 Å². The lowest BCUT2D eigenvalue weighted by atomic mass is 10.2. The van der Waals surface area contributed by atoms with Crippen LogP contribution >= 0.6 is 0 Å². The zero-order valence-electron chi connectivity index (χ0n) is 11.1. The number of benzene rings is 2. The molecular weight excluding hydrogens is 262 g/mol. The van der Waals surface area contributed by atoms with Crippen LogP contribution in [0.2, 0.25) is 0 Å². The highest BCUT2D eigenvalue weighted by Gasteiger charge is 2.11. The molecule has 5 heteroatoms. The van der Waals surface area contributed by atoms with Gasteiger partial charge in [0, 0.05) is 5.69 Å². The molecule has 0 aliphatic heterocycles. The Balaban J connectivity index is 2.16. The Bertz CT molecular complexity index is 585. The van der Waals surface area contributed by atoms with Crippen molar-refractivity contribution < 1.29 is 13.5 Å². The van der Waals surface area contributed by atoms with Gasteiger partial charge in [-0.1, -0.05) is 6.92 Å². The van der Waals surface area contributed by atoms with Gasteiger partial charge < -0.3 is 15.8 Å². The molecule has 0 aliphatic rings. The predicted octanol–water partition coefficient (Wildman–Crippen LogP) is 4.08. The van der Waals surface area contributed by atoms with E-state index < -0.39 is 11.6 Å². The minimum atomic E-state index is -0.990. The fourth-order valence-electron chi connectivity index (χ4n) is 1.69. The normalized spacial score (nSPS) is 10.3. The van der Waals surface area contributed by atoms with Gasteiger partial charge in [-0.15, -0.1) is 0 Å². The van der Waals surface area contributed by atoms with E-state index in [0.29, 0.717) is 12.3 Å². The highest BCUT2D eigenvalue weighted by Crippen LogP contribution is 2.28. The number of hydrogen-bond acceptors (Lipinski definition) is 3. The number of halogens is 2. The molecule has 3 nitrogen and oxygen atoms in total. The van der Waals surface area contributed by atoms with Crippen LogP contribution in [0.4, 0.5) is 25.8 Å². The summed E-state index contributed by atoms with van der Waals surface area (Å²) >= 11 is 0. The first-order chi connectivity index (χ1) is 9.61. The molecule has 0 aliphatic carbocycles. The van der Waals surface area contributed by atoms with Gasteiger partial charge in [0.05, 0.1) is 12.3 Å². The van der Waals surface area contributed by atoms with Crippen molar-refractivity contribution in [2.45, 2.75) is 13.3 Å². The lowest BCUT2D eigenvalue weighted by Gasteiger charge is -2.11. The summed E-state index contributed by atoms with van der Waals surface area (Å²) in [5.41, 5.74) is 6.33. The molecule has 106 valence electrons. The van der Waals surface area contributed by atoms with E-state index in [1.807, 2.05) is 6.92 Å². The number of nitrogens with two attached hydrogens (primary N) is 1. The highest BCUT2D eigenvalue weighted by atomic mass is 19.2. The number of rotatable bonds is 5.